The number of Topliss-reactive ketones (excluding diaryl/α,β-unsaturated/α-hetero) is 1. The highest BCUT2D eigenvalue weighted by atomic mass is 79.9. The largest absolute Gasteiger partial charge is 0.457 e. The highest BCUT2D eigenvalue weighted by molar-refractivity contribution is 9.10. The van der Waals surface area contributed by atoms with Crippen LogP contribution in [0.3, 0.4) is 0 Å². The molecule has 1 amide bonds. The van der Waals surface area contributed by atoms with Gasteiger partial charge in [-0.3, -0.25) is 14.4 Å². The maximum Gasteiger partial charge on any atom is 0.343 e. The number of hydrogen-bond acceptors (Lipinski definition) is 7. The van der Waals surface area contributed by atoms with Crippen LogP contribution in [0.4, 0.5) is 5.69 Å². The number of nitrogens with zero attached hydrogens (tertiary/aromatic N) is 1. The molecule has 50 heavy (non-hydrogen) atoms. The first kappa shape index (κ1) is 34.3. The summed E-state index contributed by atoms with van der Waals surface area (Å²) in [4.78, 5) is 52.2. The normalized spacial score (nSPS) is 14.3. The first-order valence-electron chi connectivity index (χ1n) is 16.1. The molecule has 0 spiro atoms. The molecular formula is C41H34BrNO7. The Kier molecular flexibility index (Phi) is 10.2. The van der Waals surface area contributed by atoms with E-state index in [1.165, 1.54) is 40.3 Å². The molecule has 0 bridgehead atoms. The lowest BCUT2D eigenvalue weighted by molar-refractivity contribution is -0.147. The highest BCUT2D eigenvalue weighted by Gasteiger charge is 2.36. The number of ketones is 1. The Labute approximate surface area is 298 Å². The minimum Gasteiger partial charge on any atom is -0.457 e. The smallest absolute Gasteiger partial charge is 0.343 e. The predicted molar refractivity (Wildman–Crippen MR) is 193 cm³/mol. The highest BCUT2D eigenvalue weighted by Crippen LogP contribution is 2.34. The van der Waals surface area contributed by atoms with Gasteiger partial charge in [0.25, 0.3) is 0 Å². The van der Waals surface area contributed by atoms with E-state index in [9.17, 15) is 19.2 Å². The summed E-state index contributed by atoms with van der Waals surface area (Å²) in [6.07, 6.45) is -0.0185. The van der Waals surface area contributed by atoms with Crippen LogP contribution in [0, 0.1) is 5.92 Å². The molecule has 0 aromatic heterocycles. The predicted octanol–water partition coefficient (Wildman–Crippen LogP) is 8.57. The Morgan fingerprint density at radius 3 is 1.92 bits per heavy atom. The van der Waals surface area contributed by atoms with E-state index < -0.39 is 30.2 Å². The Hall–Kier alpha value is -5.54. The maximum atomic E-state index is 12.8. The fourth-order valence-corrected chi connectivity index (χ4v) is 5.97. The summed E-state index contributed by atoms with van der Waals surface area (Å²) in [5.74, 6) is -0.907. The quantitative estimate of drug-likeness (QED) is 0.0763. The van der Waals surface area contributed by atoms with Crippen molar-refractivity contribution in [1.29, 1.82) is 0 Å². The molecule has 1 saturated heterocycles. The minimum absolute atomic E-state index is 0.0185. The Bertz CT molecular complexity index is 1990. The van der Waals surface area contributed by atoms with Gasteiger partial charge >= 0.3 is 11.9 Å². The summed E-state index contributed by atoms with van der Waals surface area (Å²) < 4.78 is 17.6. The van der Waals surface area contributed by atoms with Crippen LogP contribution in [0.1, 0.15) is 52.1 Å². The molecule has 8 nitrogen and oxygen atoms in total. The van der Waals surface area contributed by atoms with E-state index in [1.54, 1.807) is 48.5 Å². The van der Waals surface area contributed by atoms with E-state index in [-0.39, 0.29) is 30.0 Å². The van der Waals surface area contributed by atoms with E-state index in [0.29, 0.717) is 28.3 Å². The number of amides is 1. The number of anilines is 1. The molecule has 5 aromatic carbocycles. The third-order valence-electron chi connectivity index (χ3n) is 8.73. The van der Waals surface area contributed by atoms with Gasteiger partial charge in [-0.25, -0.2) is 4.79 Å². The number of halogens is 1. The van der Waals surface area contributed by atoms with Crippen LogP contribution in [-0.2, 0) is 19.7 Å². The zero-order chi connectivity index (χ0) is 35.3. The molecule has 5 aromatic rings. The zero-order valence-corrected chi connectivity index (χ0v) is 29.1. The molecule has 1 aliphatic heterocycles. The van der Waals surface area contributed by atoms with Gasteiger partial charge in [-0.1, -0.05) is 72.2 Å². The number of carbonyl (C=O) groups is 4. The molecule has 0 aliphatic carbocycles. The summed E-state index contributed by atoms with van der Waals surface area (Å²) in [5.41, 5.74) is 3.55. The molecule has 252 valence electrons. The molecule has 1 atom stereocenters. The van der Waals surface area contributed by atoms with Crippen LogP contribution in [0.2, 0.25) is 0 Å². The second-order valence-corrected chi connectivity index (χ2v) is 13.4. The number of benzene rings is 5. The maximum absolute atomic E-state index is 12.8. The molecular weight excluding hydrogens is 698 g/mol. The average Bonchev–Trinajstić information content (AvgIpc) is 3.53. The number of rotatable bonds is 11. The van der Waals surface area contributed by atoms with Gasteiger partial charge < -0.3 is 19.1 Å². The lowest BCUT2D eigenvalue weighted by Crippen LogP contribution is -2.27. The van der Waals surface area contributed by atoms with Crippen LogP contribution in [0.25, 0.3) is 0 Å². The Morgan fingerprint density at radius 1 is 0.720 bits per heavy atom. The summed E-state index contributed by atoms with van der Waals surface area (Å²) in [6.45, 7) is 4.05. The van der Waals surface area contributed by atoms with Crippen molar-refractivity contribution in [2.45, 2.75) is 25.7 Å². The monoisotopic (exact) mass is 731 g/mol. The fourth-order valence-electron chi connectivity index (χ4n) is 5.71. The number of esters is 2. The summed E-state index contributed by atoms with van der Waals surface area (Å²) in [5, 5.41) is 0. The molecule has 9 heteroatoms. The summed E-state index contributed by atoms with van der Waals surface area (Å²) >= 11 is 3.32. The van der Waals surface area contributed by atoms with Gasteiger partial charge in [-0.2, -0.15) is 0 Å². The lowest BCUT2D eigenvalue weighted by atomic mass is 9.78. The summed E-state index contributed by atoms with van der Waals surface area (Å²) in [7, 11) is 0. The van der Waals surface area contributed by atoms with Gasteiger partial charge in [0.2, 0.25) is 5.91 Å². The van der Waals surface area contributed by atoms with Crippen LogP contribution in [0.5, 0.6) is 17.2 Å². The third kappa shape index (κ3) is 8.01. The van der Waals surface area contributed by atoms with Crippen molar-refractivity contribution < 1.29 is 33.4 Å². The number of carbonyl (C=O) groups excluding carboxylic acids is 4. The average molecular weight is 733 g/mol. The van der Waals surface area contributed by atoms with Crippen molar-refractivity contribution in [3.8, 4) is 17.2 Å². The molecule has 1 fully saturated rings. The van der Waals surface area contributed by atoms with Crippen LogP contribution >= 0.6 is 15.9 Å². The van der Waals surface area contributed by atoms with Crippen molar-refractivity contribution in [3.05, 3.63) is 154 Å². The number of hydrogen-bond donors (Lipinski definition) is 0. The van der Waals surface area contributed by atoms with E-state index in [4.69, 9.17) is 14.2 Å². The van der Waals surface area contributed by atoms with Gasteiger partial charge in [-0.05, 0) is 96.1 Å². The van der Waals surface area contributed by atoms with Gasteiger partial charge in [0, 0.05) is 34.1 Å². The first-order chi connectivity index (χ1) is 24.1. The van der Waals surface area contributed by atoms with Crippen LogP contribution in [0.15, 0.2) is 132 Å². The molecule has 0 radical (unpaired) electrons. The van der Waals surface area contributed by atoms with Crippen molar-refractivity contribution in [3.63, 3.8) is 0 Å². The molecule has 0 unspecified atom stereocenters. The standard InChI is InChI=1S/C41H34BrNO7/c1-41(2,30-6-4-3-5-7-30)31-12-20-34(21-13-31)49-35-22-16-33(17-23-35)43-25-29(24-38(43)45)39(46)48-26-37(44)27-10-18-36(19-11-27)50-40(47)28-8-14-32(42)15-9-28/h3-23,29H,24-26H2,1-2H3/t29-/m1/s1. The molecule has 1 aliphatic rings. The molecule has 1 heterocycles. The topological polar surface area (TPSA) is 99.2 Å². The van der Waals surface area contributed by atoms with Crippen molar-refractivity contribution in [2.24, 2.45) is 5.92 Å². The van der Waals surface area contributed by atoms with Crippen molar-refractivity contribution in [2.75, 3.05) is 18.1 Å². The Morgan fingerprint density at radius 2 is 1.28 bits per heavy atom. The van der Waals surface area contributed by atoms with E-state index in [0.717, 1.165) is 4.47 Å². The van der Waals surface area contributed by atoms with Crippen molar-refractivity contribution >= 4 is 45.2 Å². The first-order valence-corrected chi connectivity index (χ1v) is 16.9. The second kappa shape index (κ2) is 14.9. The SMILES string of the molecule is CC(C)(c1ccccc1)c1ccc(Oc2ccc(N3C[C@H](C(=O)OCC(=O)c4ccc(OC(=O)c5ccc(Br)cc5)cc4)CC3=O)cc2)cc1. The lowest BCUT2D eigenvalue weighted by Gasteiger charge is -2.26. The fraction of sp³-hybridized carbons (Fsp3) is 0.171. The molecule has 6 rings (SSSR count). The van der Waals surface area contributed by atoms with Crippen LogP contribution < -0.4 is 14.4 Å². The van der Waals surface area contributed by atoms with E-state index in [1.807, 2.05) is 30.3 Å². The van der Waals surface area contributed by atoms with Gasteiger partial charge in [0.15, 0.2) is 12.4 Å². The van der Waals surface area contributed by atoms with Gasteiger partial charge in [-0.15, -0.1) is 0 Å². The Balaban J connectivity index is 0.981. The minimum atomic E-state index is -0.703. The van der Waals surface area contributed by atoms with Crippen LogP contribution in [-0.4, -0.2) is 36.8 Å². The zero-order valence-electron chi connectivity index (χ0n) is 27.5. The van der Waals surface area contributed by atoms with Gasteiger partial charge in [0.1, 0.15) is 17.2 Å². The summed E-state index contributed by atoms with van der Waals surface area (Å²) in [6, 6.07) is 38.2. The number of ether oxygens (including phenoxy) is 3. The molecule has 0 N–H and O–H groups in total. The van der Waals surface area contributed by atoms with E-state index >= 15 is 0 Å². The second-order valence-electron chi connectivity index (χ2n) is 12.5. The third-order valence-corrected chi connectivity index (χ3v) is 9.25. The van der Waals surface area contributed by atoms with Gasteiger partial charge in [0.05, 0.1) is 11.5 Å². The van der Waals surface area contributed by atoms with Crippen molar-refractivity contribution in [1.82, 2.24) is 0 Å². The van der Waals surface area contributed by atoms with E-state index in [2.05, 4.69) is 54.0 Å². The molecule has 0 saturated carbocycles.